The second kappa shape index (κ2) is 5.72. The van der Waals surface area contributed by atoms with Crippen molar-refractivity contribution in [3.05, 3.63) is 22.4 Å². The van der Waals surface area contributed by atoms with Crippen molar-refractivity contribution in [1.82, 2.24) is 4.90 Å². The summed E-state index contributed by atoms with van der Waals surface area (Å²) in [6.07, 6.45) is 6.97. The van der Waals surface area contributed by atoms with Gasteiger partial charge in [0.2, 0.25) is 0 Å². The van der Waals surface area contributed by atoms with Crippen molar-refractivity contribution >= 4 is 11.3 Å². The summed E-state index contributed by atoms with van der Waals surface area (Å²) < 4.78 is 0. The van der Waals surface area contributed by atoms with Crippen LogP contribution in [0.1, 0.15) is 37.0 Å². The Balaban J connectivity index is 1.60. The Morgan fingerprint density at radius 2 is 2.06 bits per heavy atom. The van der Waals surface area contributed by atoms with Gasteiger partial charge in [-0.15, -0.1) is 11.3 Å². The molecule has 2 nitrogen and oxygen atoms in total. The van der Waals surface area contributed by atoms with Crippen LogP contribution in [0.4, 0.5) is 0 Å². The van der Waals surface area contributed by atoms with E-state index in [1.807, 2.05) is 11.3 Å². The normalized spacial score (nSPS) is 28.1. The van der Waals surface area contributed by atoms with Gasteiger partial charge in [0, 0.05) is 24.0 Å². The van der Waals surface area contributed by atoms with E-state index in [2.05, 4.69) is 22.4 Å². The van der Waals surface area contributed by atoms with Gasteiger partial charge in [0.15, 0.2) is 0 Å². The van der Waals surface area contributed by atoms with Gasteiger partial charge in [-0.1, -0.05) is 12.5 Å². The fraction of sp³-hybridized carbons (Fsp3) is 0.733. The highest BCUT2D eigenvalue weighted by Gasteiger charge is 2.34. The van der Waals surface area contributed by atoms with Crippen LogP contribution in [0.3, 0.4) is 0 Å². The van der Waals surface area contributed by atoms with Crippen molar-refractivity contribution in [2.75, 3.05) is 13.1 Å². The average molecular weight is 264 g/mol. The number of nitrogens with zero attached hydrogens (tertiary/aromatic N) is 1. The molecule has 2 fully saturated rings. The molecule has 1 aromatic heterocycles. The minimum absolute atomic E-state index is 0.787. The summed E-state index contributed by atoms with van der Waals surface area (Å²) in [6, 6.07) is 5.31. The molecule has 1 heterocycles. The quantitative estimate of drug-likeness (QED) is 0.855. The monoisotopic (exact) mass is 264 g/mol. The van der Waals surface area contributed by atoms with Crippen LogP contribution >= 0.6 is 11.3 Å². The van der Waals surface area contributed by atoms with Gasteiger partial charge in [-0.3, -0.25) is 4.90 Å². The molecule has 0 spiro atoms. The predicted octanol–water partition coefficient (Wildman–Crippen LogP) is 3.09. The number of hydrogen-bond donors (Lipinski definition) is 1. The van der Waals surface area contributed by atoms with Crippen LogP contribution in [-0.4, -0.2) is 24.0 Å². The van der Waals surface area contributed by atoms with E-state index in [-0.39, 0.29) is 0 Å². The van der Waals surface area contributed by atoms with Gasteiger partial charge in [-0.05, 0) is 55.5 Å². The molecular weight excluding hydrogens is 240 g/mol. The van der Waals surface area contributed by atoms with Crippen LogP contribution in [0, 0.1) is 11.8 Å². The maximum absolute atomic E-state index is 5.91. The summed E-state index contributed by atoms with van der Waals surface area (Å²) >= 11 is 1.89. The fourth-order valence-corrected chi connectivity index (χ4v) is 4.08. The highest BCUT2D eigenvalue weighted by molar-refractivity contribution is 7.09. The van der Waals surface area contributed by atoms with E-state index >= 15 is 0 Å². The smallest absolute Gasteiger partial charge is 0.0330 e. The highest BCUT2D eigenvalue weighted by atomic mass is 32.1. The number of nitrogens with two attached hydrogens (primary N) is 1. The SMILES string of the molecule is NCC1CCCC1CN(Cc1cccs1)C1CC1. The van der Waals surface area contributed by atoms with Crippen molar-refractivity contribution in [2.45, 2.75) is 44.7 Å². The first-order valence-corrected chi connectivity index (χ1v) is 8.21. The molecular formula is C15H24N2S. The second-order valence-corrected chi connectivity index (χ2v) is 6.96. The largest absolute Gasteiger partial charge is 0.330 e. The van der Waals surface area contributed by atoms with Gasteiger partial charge in [0.1, 0.15) is 0 Å². The predicted molar refractivity (Wildman–Crippen MR) is 77.6 cm³/mol. The van der Waals surface area contributed by atoms with E-state index in [9.17, 15) is 0 Å². The lowest BCUT2D eigenvalue weighted by molar-refractivity contribution is 0.192. The topological polar surface area (TPSA) is 29.3 Å². The molecule has 2 N–H and O–H groups in total. The van der Waals surface area contributed by atoms with Gasteiger partial charge in [0.05, 0.1) is 0 Å². The van der Waals surface area contributed by atoms with Crippen LogP contribution in [0.15, 0.2) is 17.5 Å². The molecule has 2 unspecified atom stereocenters. The van der Waals surface area contributed by atoms with Gasteiger partial charge in [-0.2, -0.15) is 0 Å². The summed E-state index contributed by atoms with van der Waals surface area (Å²) in [5.41, 5.74) is 5.91. The maximum Gasteiger partial charge on any atom is 0.0330 e. The molecule has 2 aliphatic rings. The Labute approximate surface area is 114 Å². The minimum Gasteiger partial charge on any atom is -0.330 e. The lowest BCUT2D eigenvalue weighted by Gasteiger charge is -2.28. The zero-order valence-electron chi connectivity index (χ0n) is 11.1. The van der Waals surface area contributed by atoms with Crippen molar-refractivity contribution in [2.24, 2.45) is 17.6 Å². The van der Waals surface area contributed by atoms with E-state index in [4.69, 9.17) is 5.73 Å². The highest BCUT2D eigenvalue weighted by Crippen LogP contribution is 2.36. The van der Waals surface area contributed by atoms with Crippen LogP contribution in [0.5, 0.6) is 0 Å². The molecule has 3 rings (SSSR count). The third-order valence-corrected chi connectivity index (χ3v) is 5.45. The first kappa shape index (κ1) is 12.6. The number of hydrogen-bond acceptors (Lipinski definition) is 3. The second-order valence-electron chi connectivity index (χ2n) is 5.93. The Kier molecular flexibility index (Phi) is 4.02. The standard InChI is InChI=1S/C15H24N2S/c16-9-12-3-1-4-13(12)10-17(14-6-7-14)11-15-5-2-8-18-15/h2,5,8,12-14H,1,3-4,6-7,9-11,16H2. The molecule has 0 saturated heterocycles. The van der Waals surface area contributed by atoms with Crippen LogP contribution in [0.2, 0.25) is 0 Å². The Hall–Kier alpha value is -0.380. The zero-order chi connectivity index (χ0) is 12.4. The Morgan fingerprint density at radius 3 is 2.72 bits per heavy atom. The van der Waals surface area contributed by atoms with Gasteiger partial charge in [-0.25, -0.2) is 0 Å². The number of thiophene rings is 1. The minimum atomic E-state index is 0.787. The van der Waals surface area contributed by atoms with Crippen molar-refractivity contribution in [3.8, 4) is 0 Å². The first-order chi connectivity index (χ1) is 8.86. The van der Waals surface area contributed by atoms with Gasteiger partial charge >= 0.3 is 0 Å². The molecule has 3 heteroatoms. The summed E-state index contributed by atoms with van der Waals surface area (Å²) in [5, 5.41) is 2.19. The van der Waals surface area contributed by atoms with Gasteiger partial charge in [0.25, 0.3) is 0 Å². The van der Waals surface area contributed by atoms with Crippen molar-refractivity contribution in [3.63, 3.8) is 0 Å². The molecule has 2 aliphatic carbocycles. The molecule has 1 aromatic rings. The maximum atomic E-state index is 5.91. The Bertz CT molecular complexity index is 359. The summed E-state index contributed by atoms with van der Waals surface area (Å²) in [6.45, 7) is 3.34. The molecule has 2 atom stereocenters. The zero-order valence-corrected chi connectivity index (χ0v) is 11.9. The third kappa shape index (κ3) is 2.95. The van der Waals surface area contributed by atoms with Crippen LogP contribution < -0.4 is 5.73 Å². The summed E-state index contributed by atoms with van der Waals surface area (Å²) in [4.78, 5) is 4.24. The van der Waals surface area contributed by atoms with Crippen LogP contribution in [-0.2, 0) is 6.54 Å². The summed E-state index contributed by atoms with van der Waals surface area (Å²) in [7, 11) is 0. The molecule has 18 heavy (non-hydrogen) atoms. The molecule has 0 aliphatic heterocycles. The lowest BCUT2D eigenvalue weighted by atomic mass is 9.95. The van der Waals surface area contributed by atoms with E-state index in [1.54, 1.807) is 0 Å². The van der Waals surface area contributed by atoms with Crippen molar-refractivity contribution < 1.29 is 0 Å². The fourth-order valence-electron chi connectivity index (χ4n) is 3.35. The molecule has 0 radical (unpaired) electrons. The molecule has 0 aromatic carbocycles. The number of rotatable bonds is 6. The van der Waals surface area contributed by atoms with E-state index in [0.717, 1.165) is 31.0 Å². The molecule has 0 bridgehead atoms. The van der Waals surface area contributed by atoms with Crippen LogP contribution in [0.25, 0.3) is 0 Å². The van der Waals surface area contributed by atoms with E-state index < -0.39 is 0 Å². The lowest BCUT2D eigenvalue weighted by Crippen LogP contribution is -2.34. The molecule has 0 amide bonds. The van der Waals surface area contributed by atoms with Gasteiger partial charge < -0.3 is 5.73 Å². The van der Waals surface area contributed by atoms with E-state index in [0.29, 0.717) is 0 Å². The molecule has 2 saturated carbocycles. The third-order valence-electron chi connectivity index (χ3n) is 4.59. The summed E-state index contributed by atoms with van der Waals surface area (Å²) in [5.74, 6) is 1.64. The molecule has 100 valence electrons. The van der Waals surface area contributed by atoms with E-state index in [1.165, 1.54) is 43.5 Å². The van der Waals surface area contributed by atoms with Crippen molar-refractivity contribution in [1.29, 1.82) is 0 Å². The average Bonchev–Trinajstić information content (AvgIpc) is 2.92. The Morgan fingerprint density at radius 1 is 1.22 bits per heavy atom. The first-order valence-electron chi connectivity index (χ1n) is 7.33.